The van der Waals surface area contributed by atoms with E-state index < -0.39 is 5.97 Å². The molecule has 0 saturated heterocycles. The summed E-state index contributed by atoms with van der Waals surface area (Å²) >= 11 is 7.01. The molecule has 0 aliphatic carbocycles. The lowest BCUT2D eigenvalue weighted by Crippen LogP contribution is -1.97. The van der Waals surface area contributed by atoms with Gasteiger partial charge in [-0.2, -0.15) is 0 Å². The molecule has 2 aromatic carbocycles. The second-order valence-electron chi connectivity index (χ2n) is 7.14. The molecule has 2 aromatic heterocycles. The smallest absolute Gasteiger partial charge is 0.342 e. The molecular formula is C24H20ClN3O5S. The lowest BCUT2D eigenvalue weighted by atomic mass is 10.1. The lowest BCUT2D eigenvalue weighted by molar-refractivity contribution is -0.131. The van der Waals surface area contributed by atoms with E-state index in [1.165, 1.54) is 6.08 Å². The van der Waals surface area contributed by atoms with Crippen LogP contribution in [0.2, 0.25) is 5.02 Å². The van der Waals surface area contributed by atoms with Crippen molar-refractivity contribution in [1.29, 1.82) is 0 Å². The minimum Gasteiger partial charge on any atom is -0.497 e. The number of carbonyl (C=O) groups is 1. The van der Waals surface area contributed by atoms with Crippen molar-refractivity contribution in [3.05, 3.63) is 69.8 Å². The Morgan fingerprint density at radius 3 is 2.53 bits per heavy atom. The maximum atomic E-state index is 11.9. The third-order valence-corrected chi connectivity index (χ3v) is 5.98. The zero-order valence-electron chi connectivity index (χ0n) is 18.5. The number of halogens is 1. The van der Waals surface area contributed by atoms with Gasteiger partial charge in [-0.15, -0.1) is 5.10 Å². The first-order valence-corrected chi connectivity index (χ1v) is 11.2. The van der Waals surface area contributed by atoms with Crippen molar-refractivity contribution in [2.45, 2.75) is 12.1 Å². The Morgan fingerprint density at radius 2 is 1.85 bits per heavy atom. The number of rotatable bonds is 8. The molecule has 0 bridgehead atoms. The molecule has 0 radical (unpaired) electrons. The standard InChI is InChI=1S/C24H20ClN3O5S/c1-13-4-5-15(25)10-19(13)20-7-6-16(33-20)12-21(23(29)30)34-24-26-22(27-28-24)14-8-17(31-2)11-18(9-14)32-3/h4-12H,1-3H3,(H,29,30)(H,26,27,28)/b21-12-. The Kier molecular flexibility index (Phi) is 6.95. The van der Waals surface area contributed by atoms with Gasteiger partial charge in [-0.1, -0.05) is 17.7 Å². The van der Waals surface area contributed by atoms with Crippen molar-refractivity contribution >= 4 is 35.4 Å². The maximum Gasteiger partial charge on any atom is 0.342 e. The van der Waals surface area contributed by atoms with Crippen LogP contribution in [0.15, 0.2) is 63.0 Å². The fraction of sp³-hybridized carbons (Fsp3) is 0.125. The predicted octanol–water partition coefficient (Wildman–Crippen LogP) is 5.93. The molecule has 0 unspecified atom stereocenters. The Hall–Kier alpha value is -3.69. The number of furan rings is 1. The third-order valence-electron chi connectivity index (χ3n) is 4.87. The molecule has 2 heterocycles. The summed E-state index contributed by atoms with van der Waals surface area (Å²) in [7, 11) is 3.11. The summed E-state index contributed by atoms with van der Waals surface area (Å²) in [5, 5.41) is 17.5. The maximum absolute atomic E-state index is 11.9. The van der Waals surface area contributed by atoms with Gasteiger partial charge in [0, 0.05) is 28.3 Å². The summed E-state index contributed by atoms with van der Waals surface area (Å²) in [5.74, 6) is 1.47. The molecule has 10 heteroatoms. The number of carboxylic acid groups (broad SMARTS) is 1. The Bertz CT molecular complexity index is 1360. The van der Waals surface area contributed by atoms with Crippen molar-refractivity contribution < 1.29 is 23.8 Å². The zero-order chi connectivity index (χ0) is 24.2. The van der Waals surface area contributed by atoms with E-state index in [2.05, 4.69) is 15.2 Å². The highest BCUT2D eigenvalue weighted by atomic mass is 35.5. The monoisotopic (exact) mass is 497 g/mol. The van der Waals surface area contributed by atoms with Crippen LogP contribution < -0.4 is 9.47 Å². The zero-order valence-corrected chi connectivity index (χ0v) is 20.0. The fourth-order valence-electron chi connectivity index (χ4n) is 3.16. The number of aryl methyl sites for hydroxylation is 1. The van der Waals surface area contributed by atoms with Gasteiger partial charge in [0.15, 0.2) is 5.82 Å². The summed E-state index contributed by atoms with van der Waals surface area (Å²) in [6, 6.07) is 14.3. The average molecular weight is 498 g/mol. The van der Waals surface area contributed by atoms with Gasteiger partial charge in [0.25, 0.3) is 0 Å². The molecule has 0 aliphatic rings. The average Bonchev–Trinajstić information content (AvgIpc) is 3.49. The number of benzene rings is 2. The number of hydrogen-bond acceptors (Lipinski definition) is 7. The Morgan fingerprint density at radius 1 is 1.12 bits per heavy atom. The Balaban J connectivity index is 1.59. The summed E-state index contributed by atoms with van der Waals surface area (Å²) in [6.45, 7) is 1.95. The van der Waals surface area contributed by atoms with Gasteiger partial charge in [-0.05, 0) is 60.6 Å². The summed E-state index contributed by atoms with van der Waals surface area (Å²) < 4.78 is 16.4. The van der Waals surface area contributed by atoms with Crippen molar-refractivity contribution in [3.63, 3.8) is 0 Å². The van der Waals surface area contributed by atoms with Crippen LogP contribution in [0.5, 0.6) is 11.5 Å². The number of methoxy groups -OCH3 is 2. The van der Waals surface area contributed by atoms with Crippen molar-refractivity contribution in [2.24, 2.45) is 0 Å². The van der Waals surface area contributed by atoms with E-state index in [1.54, 1.807) is 56.7 Å². The summed E-state index contributed by atoms with van der Waals surface area (Å²) in [5.41, 5.74) is 2.51. The lowest BCUT2D eigenvalue weighted by Gasteiger charge is -2.06. The van der Waals surface area contributed by atoms with E-state index in [-0.39, 0.29) is 10.1 Å². The van der Waals surface area contributed by atoms with Crippen LogP contribution in [-0.4, -0.2) is 40.5 Å². The molecule has 0 amide bonds. The molecule has 0 aliphatic heterocycles. The predicted molar refractivity (Wildman–Crippen MR) is 130 cm³/mol. The first-order chi connectivity index (χ1) is 16.4. The normalized spacial score (nSPS) is 11.5. The molecule has 4 aromatic rings. The van der Waals surface area contributed by atoms with E-state index >= 15 is 0 Å². The molecular weight excluding hydrogens is 478 g/mol. The second kappa shape index (κ2) is 10.1. The van der Waals surface area contributed by atoms with Gasteiger partial charge in [0.05, 0.1) is 14.2 Å². The van der Waals surface area contributed by atoms with Crippen LogP contribution >= 0.6 is 23.4 Å². The minimum absolute atomic E-state index is 0.00233. The quantitative estimate of drug-likeness (QED) is 0.227. The number of thioether (sulfide) groups is 1. The van der Waals surface area contributed by atoms with E-state index in [0.717, 1.165) is 22.9 Å². The van der Waals surface area contributed by atoms with Gasteiger partial charge in [-0.25, -0.2) is 9.78 Å². The largest absolute Gasteiger partial charge is 0.497 e. The van der Waals surface area contributed by atoms with Crippen LogP contribution in [-0.2, 0) is 4.79 Å². The Labute approximate surface area is 204 Å². The van der Waals surface area contributed by atoms with Crippen molar-refractivity contribution in [1.82, 2.24) is 15.2 Å². The molecule has 4 rings (SSSR count). The summed E-state index contributed by atoms with van der Waals surface area (Å²) in [4.78, 5) is 16.3. The third kappa shape index (κ3) is 5.27. The number of nitrogens with zero attached hydrogens (tertiary/aromatic N) is 2. The molecule has 0 spiro atoms. The minimum atomic E-state index is -1.13. The number of aliphatic carboxylic acids is 1. The first kappa shape index (κ1) is 23.5. The van der Waals surface area contributed by atoms with Crippen LogP contribution in [0.4, 0.5) is 0 Å². The van der Waals surface area contributed by atoms with Gasteiger partial charge < -0.3 is 19.0 Å². The van der Waals surface area contributed by atoms with E-state index in [0.29, 0.717) is 39.4 Å². The second-order valence-corrected chi connectivity index (χ2v) is 8.59. The van der Waals surface area contributed by atoms with Crippen LogP contribution in [0.3, 0.4) is 0 Å². The van der Waals surface area contributed by atoms with Crippen LogP contribution in [0.1, 0.15) is 11.3 Å². The molecule has 0 fully saturated rings. The van der Waals surface area contributed by atoms with Crippen LogP contribution in [0.25, 0.3) is 28.8 Å². The van der Waals surface area contributed by atoms with Crippen LogP contribution in [0, 0.1) is 6.92 Å². The van der Waals surface area contributed by atoms with E-state index in [9.17, 15) is 9.90 Å². The number of aromatic amines is 1. The number of nitrogens with one attached hydrogen (secondary N) is 1. The molecule has 8 nitrogen and oxygen atoms in total. The van der Waals surface area contributed by atoms with E-state index in [4.69, 9.17) is 25.5 Å². The first-order valence-electron chi connectivity index (χ1n) is 10.0. The highest BCUT2D eigenvalue weighted by molar-refractivity contribution is 8.04. The number of H-pyrrole nitrogens is 1. The molecule has 2 N–H and O–H groups in total. The number of aromatic nitrogens is 3. The van der Waals surface area contributed by atoms with Gasteiger partial charge in [0.2, 0.25) is 5.16 Å². The van der Waals surface area contributed by atoms with Gasteiger partial charge in [-0.3, -0.25) is 5.10 Å². The van der Waals surface area contributed by atoms with Crippen molar-refractivity contribution in [3.8, 4) is 34.2 Å². The molecule has 34 heavy (non-hydrogen) atoms. The SMILES string of the molecule is COc1cc(OC)cc(-c2nc(S/C(=C\c3ccc(-c4cc(Cl)ccc4C)o3)C(=O)O)n[nH]2)c1. The fourth-order valence-corrected chi connectivity index (χ4v) is 4.02. The summed E-state index contributed by atoms with van der Waals surface area (Å²) in [6.07, 6.45) is 1.43. The van der Waals surface area contributed by atoms with Crippen molar-refractivity contribution in [2.75, 3.05) is 14.2 Å². The number of hydrogen-bond donors (Lipinski definition) is 2. The number of ether oxygens (including phenoxy) is 2. The highest BCUT2D eigenvalue weighted by Crippen LogP contribution is 2.33. The highest BCUT2D eigenvalue weighted by Gasteiger charge is 2.17. The molecule has 0 atom stereocenters. The van der Waals surface area contributed by atoms with Gasteiger partial charge >= 0.3 is 5.97 Å². The van der Waals surface area contributed by atoms with Gasteiger partial charge in [0.1, 0.15) is 27.9 Å². The molecule has 0 saturated carbocycles. The topological polar surface area (TPSA) is 110 Å². The number of carboxylic acids is 1. The molecule has 174 valence electrons. The van der Waals surface area contributed by atoms with E-state index in [1.807, 2.05) is 13.0 Å².